The molecule has 0 fully saturated rings. The van der Waals surface area contributed by atoms with Crippen molar-refractivity contribution in [1.82, 2.24) is 5.32 Å². The summed E-state index contributed by atoms with van der Waals surface area (Å²) in [5, 5.41) is 7.09. The van der Waals surface area contributed by atoms with Crippen LogP contribution < -0.4 is 16.4 Å². The Bertz CT molecular complexity index is 900. The van der Waals surface area contributed by atoms with Gasteiger partial charge < -0.3 is 21.1 Å². The van der Waals surface area contributed by atoms with Crippen molar-refractivity contribution < 1.29 is 23.9 Å². The van der Waals surface area contributed by atoms with Crippen LogP contribution in [0.5, 0.6) is 0 Å². The second-order valence-corrected chi connectivity index (χ2v) is 6.78. The molecule has 0 saturated heterocycles. The molecule has 142 valence electrons. The molecule has 0 aliphatic heterocycles. The first-order valence-electron chi connectivity index (χ1n) is 7.34. The number of carbonyl (C=O) groups is 4. The van der Waals surface area contributed by atoms with E-state index >= 15 is 0 Å². The average molecular weight is 430 g/mol. The van der Waals surface area contributed by atoms with E-state index < -0.39 is 36.8 Å². The minimum absolute atomic E-state index is 0.161. The van der Waals surface area contributed by atoms with E-state index in [0.29, 0.717) is 5.02 Å². The smallest absolute Gasteiger partial charge is 0.325 e. The third-order valence-electron chi connectivity index (χ3n) is 3.12. The van der Waals surface area contributed by atoms with Crippen LogP contribution >= 0.6 is 34.5 Å². The van der Waals surface area contributed by atoms with Gasteiger partial charge in [0.2, 0.25) is 0 Å². The van der Waals surface area contributed by atoms with Gasteiger partial charge >= 0.3 is 5.97 Å². The lowest BCUT2D eigenvalue weighted by Gasteiger charge is -2.08. The predicted molar refractivity (Wildman–Crippen MR) is 101 cm³/mol. The molecule has 0 atom stereocenters. The minimum atomic E-state index is -0.820. The van der Waals surface area contributed by atoms with Crippen LogP contribution in [-0.2, 0) is 14.3 Å². The van der Waals surface area contributed by atoms with Gasteiger partial charge in [0.25, 0.3) is 17.7 Å². The van der Waals surface area contributed by atoms with Crippen LogP contribution in [0.25, 0.3) is 0 Å². The molecule has 0 radical (unpaired) electrons. The van der Waals surface area contributed by atoms with Gasteiger partial charge in [0, 0.05) is 5.56 Å². The fourth-order valence-corrected chi connectivity index (χ4v) is 2.96. The Kier molecular flexibility index (Phi) is 7.17. The highest BCUT2D eigenvalue weighted by Crippen LogP contribution is 2.23. The Balaban J connectivity index is 1.77. The summed E-state index contributed by atoms with van der Waals surface area (Å²) in [4.78, 5) is 46.5. The van der Waals surface area contributed by atoms with E-state index in [2.05, 4.69) is 10.6 Å². The molecule has 0 saturated carbocycles. The number of ether oxygens (including phenoxy) is 1. The summed E-state index contributed by atoms with van der Waals surface area (Å²) < 4.78 is 4.76. The summed E-state index contributed by atoms with van der Waals surface area (Å²) >= 11 is 12.7. The van der Waals surface area contributed by atoms with Crippen molar-refractivity contribution in [3.05, 3.63) is 50.8 Å². The molecule has 8 nitrogen and oxygen atoms in total. The van der Waals surface area contributed by atoms with E-state index in [4.69, 9.17) is 33.7 Å². The molecule has 0 aliphatic carbocycles. The Morgan fingerprint density at radius 3 is 2.52 bits per heavy atom. The quantitative estimate of drug-likeness (QED) is 0.580. The number of thiophene rings is 1. The standard InChI is InChI=1S/C16H13Cl2N3O5S/c17-10-2-1-8(5-11(10)18)15(25)20-6-13(23)26-7-12(22)21-16-9(14(19)24)3-4-27-16/h1-5H,6-7H2,(H2,19,24)(H,20,25)(H,21,22). The topological polar surface area (TPSA) is 128 Å². The van der Waals surface area contributed by atoms with E-state index in [1.165, 1.54) is 24.3 Å². The molecule has 27 heavy (non-hydrogen) atoms. The van der Waals surface area contributed by atoms with Gasteiger partial charge in [-0.15, -0.1) is 11.3 Å². The largest absolute Gasteiger partial charge is 0.454 e. The number of primary amides is 1. The molecule has 2 rings (SSSR count). The number of carbonyl (C=O) groups excluding carboxylic acids is 4. The van der Waals surface area contributed by atoms with Gasteiger partial charge in [0.15, 0.2) is 6.61 Å². The van der Waals surface area contributed by atoms with E-state index in [0.717, 1.165) is 11.3 Å². The predicted octanol–water partition coefficient (Wildman–Crippen LogP) is 2.07. The van der Waals surface area contributed by atoms with Crippen LogP contribution in [0.2, 0.25) is 10.0 Å². The number of benzene rings is 1. The molecule has 11 heteroatoms. The van der Waals surface area contributed by atoms with Crippen LogP contribution in [0.15, 0.2) is 29.6 Å². The van der Waals surface area contributed by atoms with Crippen LogP contribution in [0.4, 0.5) is 5.00 Å². The lowest BCUT2D eigenvalue weighted by Crippen LogP contribution is -2.32. The van der Waals surface area contributed by atoms with Crippen molar-refractivity contribution >= 4 is 63.2 Å². The number of nitrogens with one attached hydrogen (secondary N) is 2. The SMILES string of the molecule is NC(=O)c1ccsc1NC(=O)COC(=O)CNC(=O)c1ccc(Cl)c(Cl)c1. The Hall–Kier alpha value is -2.62. The first-order valence-corrected chi connectivity index (χ1v) is 8.97. The number of esters is 1. The summed E-state index contributed by atoms with van der Waals surface area (Å²) in [6.07, 6.45) is 0. The monoisotopic (exact) mass is 429 g/mol. The summed E-state index contributed by atoms with van der Waals surface area (Å²) in [7, 11) is 0. The highest BCUT2D eigenvalue weighted by Gasteiger charge is 2.15. The molecular formula is C16H13Cl2N3O5S. The summed E-state index contributed by atoms with van der Waals surface area (Å²) in [5.74, 6) is -2.71. The van der Waals surface area contributed by atoms with Crippen molar-refractivity contribution in [3.63, 3.8) is 0 Å². The molecule has 1 aromatic carbocycles. The lowest BCUT2D eigenvalue weighted by atomic mass is 10.2. The Morgan fingerprint density at radius 2 is 1.85 bits per heavy atom. The van der Waals surface area contributed by atoms with Crippen molar-refractivity contribution in [2.45, 2.75) is 0 Å². The number of halogens is 2. The zero-order valence-electron chi connectivity index (χ0n) is 13.6. The summed E-state index contributed by atoms with van der Waals surface area (Å²) in [6, 6.07) is 5.72. The minimum Gasteiger partial charge on any atom is -0.454 e. The summed E-state index contributed by atoms with van der Waals surface area (Å²) in [5.41, 5.74) is 5.54. The molecular weight excluding hydrogens is 417 g/mol. The first kappa shape index (κ1) is 20.7. The fourth-order valence-electron chi connectivity index (χ4n) is 1.85. The molecule has 0 spiro atoms. The number of amides is 3. The normalized spacial score (nSPS) is 10.1. The van der Waals surface area contributed by atoms with E-state index in [9.17, 15) is 19.2 Å². The Morgan fingerprint density at radius 1 is 1.11 bits per heavy atom. The van der Waals surface area contributed by atoms with Crippen molar-refractivity contribution in [3.8, 4) is 0 Å². The van der Waals surface area contributed by atoms with Crippen LogP contribution in [-0.4, -0.2) is 36.8 Å². The van der Waals surface area contributed by atoms with Gasteiger partial charge in [0.05, 0.1) is 15.6 Å². The molecule has 2 aromatic rings. The number of hydrogen-bond acceptors (Lipinski definition) is 6. The summed E-state index contributed by atoms with van der Waals surface area (Å²) in [6.45, 7) is -1.03. The van der Waals surface area contributed by atoms with Gasteiger partial charge in [0.1, 0.15) is 11.5 Å². The van der Waals surface area contributed by atoms with E-state index in [1.807, 2.05) is 0 Å². The zero-order chi connectivity index (χ0) is 20.0. The highest BCUT2D eigenvalue weighted by atomic mass is 35.5. The van der Waals surface area contributed by atoms with E-state index in [-0.39, 0.29) is 21.2 Å². The molecule has 0 aliphatic rings. The number of nitrogens with two attached hydrogens (primary N) is 1. The second-order valence-electron chi connectivity index (χ2n) is 5.05. The Labute approximate surface area is 167 Å². The van der Waals surface area contributed by atoms with Gasteiger partial charge in [-0.25, -0.2) is 0 Å². The maximum absolute atomic E-state index is 11.9. The molecule has 0 unspecified atom stereocenters. The number of rotatable bonds is 7. The molecule has 4 N–H and O–H groups in total. The number of anilines is 1. The van der Waals surface area contributed by atoms with Crippen molar-refractivity contribution in [1.29, 1.82) is 0 Å². The van der Waals surface area contributed by atoms with Gasteiger partial charge in [-0.3, -0.25) is 19.2 Å². The molecule has 3 amide bonds. The van der Waals surface area contributed by atoms with Gasteiger partial charge in [-0.1, -0.05) is 23.2 Å². The highest BCUT2D eigenvalue weighted by molar-refractivity contribution is 7.14. The zero-order valence-corrected chi connectivity index (χ0v) is 15.9. The number of hydrogen-bond donors (Lipinski definition) is 3. The van der Waals surface area contributed by atoms with E-state index in [1.54, 1.807) is 5.38 Å². The lowest BCUT2D eigenvalue weighted by molar-refractivity contribution is -0.146. The maximum Gasteiger partial charge on any atom is 0.325 e. The first-order chi connectivity index (χ1) is 12.8. The second kappa shape index (κ2) is 9.36. The molecule has 1 aromatic heterocycles. The van der Waals surface area contributed by atoms with Crippen LogP contribution in [0.1, 0.15) is 20.7 Å². The third-order valence-corrected chi connectivity index (χ3v) is 4.69. The van der Waals surface area contributed by atoms with Crippen LogP contribution in [0, 0.1) is 0 Å². The third kappa shape index (κ3) is 5.95. The van der Waals surface area contributed by atoms with Crippen LogP contribution in [0.3, 0.4) is 0 Å². The van der Waals surface area contributed by atoms with Crippen molar-refractivity contribution in [2.75, 3.05) is 18.5 Å². The molecule has 0 bridgehead atoms. The maximum atomic E-state index is 11.9. The van der Waals surface area contributed by atoms with Gasteiger partial charge in [-0.2, -0.15) is 0 Å². The fraction of sp³-hybridized carbons (Fsp3) is 0.125. The van der Waals surface area contributed by atoms with Crippen molar-refractivity contribution in [2.24, 2.45) is 5.73 Å². The average Bonchev–Trinajstić information content (AvgIpc) is 3.08. The van der Waals surface area contributed by atoms with Gasteiger partial charge in [-0.05, 0) is 29.6 Å². The molecule has 1 heterocycles.